The maximum atomic E-state index is 15.1. The molecular weight excluding hydrogens is 355 g/mol. The molecular formula is C18H19FN4O4. The van der Waals surface area contributed by atoms with Gasteiger partial charge in [-0.15, -0.1) is 5.10 Å². The van der Waals surface area contributed by atoms with E-state index >= 15 is 4.39 Å². The maximum Gasteiger partial charge on any atom is 0.415 e. The first-order valence-electron chi connectivity index (χ1n) is 8.67. The van der Waals surface area contributed by atoms with Crippen LogP contribution < -0.4 is 15.0 Å². The van der Waals surface area contributed by atoms with Crippen molar-refractivity contribution in [3.8, 4) is 17.1 Å². The Hall–Kier alpha value is -3.10. The molecule has 0 spiro atoms. The van der Waals surface area contributed by atoms with Crippen molar-refractivity contribution >= 4 is 17.7 Å². The van der Waals surface area contributed by atoms with Crippen molar-refractivity contribution in [1.82, 2.24) is 15.5 Å². The van der Waals surface area contributed by atoms with Crippen LogP contribution in [0.25, 0.3) is 11.3 Å². The molecule has 2 amide bonds. The molecule has 2 aliphatic rings. The number of anilines is 1. The summed E-state index contributed by atoms with van der Waals surface area (Å²) in [5, 5.41) is 9.42. The summed E-state index contributed by atoms with van der Waals surface area (Å²) in [6.07, 6.45) is 0.578. The van der Waals surface area contributed by atoms with E-state index in [4.69, 9.17) is 9.47 Å². The molecule has 142 valence electrons. The fourth-order valence-corrected chi connectivity index (χ4v) is 3.66. The molecule has 2 aromatic rings. The van der Waals surface area contributed by atoms with Crippen LogP contribution in [0.2, 0.25) is 0 Å². The SMILES string of the molecule is CNC(=O)[C@H]1CN(c2cc(F)c3c(c2)CCCc2c(OC)n[nH]c2-3)C(=O)O1. The standard InChI is InChI=1S/C18H19FN4O4/c1-20-16(24)13-8-23(18(25)27-13)10-6-9-4-3-5-11-15(14(9)12(19)7-10)21-22-17(11)26-2/h6-7,13H,3-5,8H2,1-2H3,(H,20,24)(H,21,22)/t13-/m1/s1. The minimum atomic E-state index is -0.909. The van der Waals surface area contributed by atoms with Gasteiger partial charge in [0.05, 0.1) is 25.0 Å². The van der Waals surface area contributed by atoms with Gasteiger partial charge in [0, 0.05) is 18.2 Å². The number of methoxy groups -OCH3 is 1. The number of likely N-dealkylation sites (N-methyl/N-ethyl adjacent to an activating group) is 1. The number of aryl methyl sites for hydroxylation is 1. The highest BCUT2D eigenvalue weighted by molar-refractivity contribution is 5.96. The number of nitrogens with one attached hydrogen (secondary N) is 2. The van der Waals surface area contributed by atoms with Crippen molar-refractivity contribution in [1.29, 1.82) is 0 Å². The van der Waals surface area contributed by atoms with Gasteiger partial charge in [-0.25, -0.2) is 9.18 Å². The highest BCUT2D eigenvalue weighted by Crippen LogP contribution is 2.39. The van der Waals surface area contributed by atoms with E-state index < -0.39 is 23.9 Å². The third kappa shape index (κ3) is 2.79. The lowest BCUT2D eigenvalue weighted by atomic mass is 10.0. The van der Waals surface area contributed by atoms with E-state index in [1.807, 2.05) is 0 Å². The zero-order valence-corrected chi connectivity index (χ0v) is 15.0. The average Bonchev–Trinajstić information content (AvgIpc) is 3.19. The number of ether oxygens (including phenoxy) is 2. The minimum Gasteiger partial charge on any atom is -0.480 e. The Kier molecular flexibility index (Phi) is 4.21. The molecule has 1 saturated heterocycles. The van der Waals surface area contributed by atoms with Crippen LogP contribution >= 0.6 is 0 Å². The molecule has 1 fully saturated rings. The van der Waals surface area contributed by atoms with Gasteiger partial charge in [0.25, 0.3) is 5.91 Å². The Balaban J connectivity index is 1.73. The quantitative estimate of drug-likeness (QED) is 0.854. The number of aromatic amines is 1. The molecule has 1 aromatic carbocycles. The number of carbonyl (C=O) groups excluding carboxylic acids is 2. The number of amides is 2. The monoisotopic (exact) mass is 374 g/mol. The van der Waals surface area contributed by atoms with Crippen LogP contribution in [0.5, 0.6) is 5.88 Å². The summed E-state index contributed by atoms with van der Waals surface area (Å²) in [6.45, 7) is 0.0415. The van der Waals surface area contributed by atoms with Crippen LogP contribution in [0.15, 0.2) is 12.1 Å². The Morgan fingerprint density at radius 2 is 2.26 bits per heavy atom. The van der Waals surface area contributed by atoms with Gasteiger partial charge in [-0.1, -0.05) is 0 Å². The van der Waals surface area contributed by atoms with Crippen LogP contribution in [-0.2, 0) is 22.4 Å². The van der Waals surface area contributed by atoms with Gasteiger partial charge < -0.3 is 14.8 Å². The van der Waals surface area contributed by atoms with Crippen LogP contribution in [-0.4, -0.2) is 49.0 Å². The lowest BCUT2D eigenvalue weighted by molar-refractivity contribution is -0.127. The second kappa shape index (κ2) is 6.57. The summed E-state index contributed by atoms with van der Waals surface area (Å²) in [5.41, 5.74) is 3.04. The number of halogens is 1. The first kappa shape index (κ1) is 17.3. The molecule has 9 heteroatoms. The number of benzene rings is 1. The lowest BCUT2D eigenvalue weighted by Gasteiger charge is -2.16. The fourth-order valence-electron chi connectivity index (χ4n) is 3.66. The van der Waals surface area contributed by atoms with E-state index in [2.05, 4.69) is 15.5 Å². The predicted molar refractivity (Wildman–Crippen MR) is 94.2 cm³/mol. The molecule has 0 radical (unpaired) electrons. The molecule has 4 rings (SSSR count). The van der Waals surface area contributed by atoms with Crippen LogP contribution in [0, 0.1) is 5.82 Å². The van der Waals surface area contributed by atoms with Gasteiger partial charge >= 0.3 is 6.09 Å². The largest absolute Gasteiger partial charge is 0.480 e. The van der Waals surface area contributed by atoms with Crippen LogP contribution in [0.1, 0.15) is 17.5 Å². The molecule has 1 aromatic heterocycles. The number of hydrogen-bond donors (Lipinski definition) is 2. The number of fused-ring (bicyclic) bond motifs is 3. The lowest BCUT2D eigenvalue weighted by Crippen LogP contribution is -2.35. The van der Waals surface area contributed by atoms with Gasteiger partial charge in [-0.3, -0.25) is 14.8 Å². The number of hydrogen-bond acceptors (Lipinski definition) is 5. The number of rotatable bonds is 3. The molecule has 0 saturated carbocycles. The zero-order valence-electron chi connectivity index (χ0n) is 15.0. The van der Waals surface area contributed by atoms with Crippen molar-refractivity contribution in [2.45, 2.75) is 25.4 Å². The second-order valence-corrected chi connectivity index (χ2v) is 6.50. The van der Waals surface area contributed by atoms with Gasteiger partial charge in [-0.2, -0.15) is 0 Å². The maximum absolute atomic E-state index is 15.1. The summed E-state index contributed by atoms with van der Waals surface area (Å²) in [4.78, 5) is 25.2. The summed E-state index contributed by atoms with van der Waals surface area (Å²) in [5.74, 6) is -0.388. The molecule has 1 aliphatic carbocycles. The minimum absolute atomic E-state index is 0.0415. The van der Waals surface area contributed by atoms with Crippen molar-refractivity contribution in [3.63, 3.8) is 0 Å². The number of aromatic nitrogens is 2. The third-order valence-electron chi connectivity index (χ3n) is 4.96. The number of H-pyrrole nitrogens is 1. The Morgan fingerprint density at radius 1 is 1.44 bits per heavy atom. The van der Waals surface area contributed by atoms with E-state index in [-0.39, 0.29) is 6.54 Å². The average molecular weight is 374 g/mol. The van der Waals surface area contributed by atoms with Crippen LogP contribution in [0.3, 0.4) is 0 Å². The number of nitrogens with zero attached hydrogens (tertiary/aromatic N) is 2. The first-order valence-corrected chi connectivity index (χ1v) is 8.67. The molecule has 1 aliphatic heterocycles. The van der Waals surface area contributed by atoms with E-state index in [1.165, 1.54) is 25.1 Å². The molecule has 27 heavy (non-hydrogen) atoms. The second-order valence-electron chi connectivity index (χ2n) is 6.50. The summed E-state index contributed by atoms with van der Waals surface area (Å²) >= 11 is 0. The Labute approximate surface area is 154 Å². The molecule has 8 nitrogen and oxygen atoms in total. The van der Waals surface area contributed by atoms with Gasteiger partial charge in [0.15, 0.2) is 6.10 Å². The first-order chi connectivity index (χ1) is 13.0. The molecule has 1 atom stereocenters. The summed E-state index contributed by atoms with van der Waals surface area (Å²) in [6, 6.07) is 3.06. The summed E-state index contributed by atoms with van der Waals surface area (Å²) in [7, 11) is 3.00. The van der Waals surface area contributed by atoms with E-state index in [0.29, 0.717) is 35.7 Å². The molecule has 0 unspecified atom stereocenters. The molecule has 0 bridgehead atoms. The number of cyclic esters (lactones) is 1. The Bertz CT molecular complexity index is 926. The zero-order chi connectivity index (χ0) is 19.1. The topological polar surface area (TPSA) is 96.5 Å². The molecule has 2 N–H and O–H groups in total. The van der Waals surface area contributed by atoms with Crippen molar-refractivity contribution in [3.05, 3.63) is 29.1 Å². The van der Waals surface area contributed by atoms with Gasteiger partial charge in [-0.05, 0) is 37.0 Å². The molecule has 2 heterocycles. The smallest absolute Gasteiger partial charge is 0.415 e. The van der Waals surface area contributed by atoms with E-state index in [0.717, 1.165) is 17.5 Å². The predicted octanol–water partition coefficient (Wildman–Crippen LogP) is 1.78. The van der Waals surface area contributed by atoms with E-state index in [9.17, 15) is 9.59 Å². The third-order valence-corrected chi connectivity index (χ3v) is 4.96. The summed E-state index contributed by atoms with van der Waals surface area (Å²) < 4.78 is 25.4. The van der Waals surface area contributed by atoms with Crippen LogP contribution in [0.4, 0.5) is 14.9 Å². The number of carbonyl (C=O) groups is 2. The van der Waals surface area contributed by atoms with Gasteiger partial charge in [0.2, 0.25) is 5.88 Å². The fraction of sp³-hybridized carbons (Fsp3) is 0.389. The van der Waals surface area contributed by atoms with Gasteiger partial charge in [0.1, 0.15) is 5.82 Å². The normalized spacial score (nSPS) is 18.4. The Morgan fingerprint density at radius 3 is 3.00 bits per heavy atom. The highest BCUT2D eigenvalue weighted by Gasteiger charge is 2.37. The van der Waals surface area contributed by atoms with Crippen molar-refractivity contribution < 1.29 is 23.5 Å². The van der Waals surface area contributed by atoms with Crippen molar-refractivity contribution in [2.75, 3.05) is 25.6 Å². The van der Waals surface area contributed by atoms with Crippen molar-refractivity contribution in [2.24, 2.45) is 0 Å². The highest BCUT2D eigenvalue weighted by atomic mass is 19.1. The van der Waals surface area contributed by atoms with E-state index in [1.54, 1.807) is 6.07 Å².